The quantitative estimate of drug-likeness (QED) is 0.301. The van der Waals surface area contributed by atoms with E-state index in [-0.39, 0.29) is 11.4 Å². The second-order valence-corrected chi connectivity index (χ2v) is 6.89. The van der Waals surface area contributed by atoms with Gasteiger partial charge in [0.15, 0.2) is 0 Å². The smallest absolute Gasteiger partial charge is 0.270 e. The summed E-state index contributed by atoms with van der Waals surface area (Å²) in [5.41, 5.74) is 3.93. The van der Waals surface area contributed by atoms with Crippen molar-refractivity contribution in [2.24, 2.45) is 0 Å². The molecule has 5 rings (SSSR count). The van der Waals surface area contributed by atoms with Crippen LogP contribution in [-0.4, -0.2) is 9.91 Å². The zero-order valence-electron chi connectivity index (χ0n) is 14.4. The molecule has 0 N–H and O–H groups in total. The van der Waals surface area contributed by atoms with E-state index >= 15 is 0 Å². The minimum absolute atomic E-state index is 0.0863. The lowest BCUT2D eigenvalue weighted by molar-refractivity contribution is -0.385. The lowest BCUT2D eigenvalue weighted by Crippen LogP contribution is -2.01. The van der Waals surface area contributed by atoms with Gasteiger partial charge in [0, 0.05) is 17.5 Å². The predicted molar refractivity (Wildman–Crippen MR) is 103 cm³/mol. The van der Waals surface area contributed by atoms with Gasteiger partial charge in [0.1, 0.15) is 0 Å². The van der Waals surface area contributed by atoms with Crippen molar-refractivity contribution in [1.29, 1.82) is 0 Å². The SMILES string of the molecule is O=[N+]([O-])c1ccc([O-])c(-c2nc3ccc4ccccc4c3c3c2CCC3)c1. The van der Waals surface area contributed by atoms with Gasteiger partial charge in [0.2, 0.25) is 0 Å². The molecule has 5 heteroatoms. The van der Waals surface area contributed by atoms with E-state index in [2.05, 4.69) is 12.1 Å². The number of fused-ring (bicyclic) bond motifs is 5. The summed E-state index contributed by atoms with van der Waals surface area (Å²) < 4.78 is 0. The Morgan fingerprint density at radius 1 is 0.963 bits per heavy atom. The third kappa shape index (κ3) is 2.35. The molecule has 132 valence electrons. The van der Waals surface area contributed by atoms with Crippen molar-refractivity contribution in [1.82, 2.24) is 4.98 Å². The van der Waals surface area contributed by atoms with Crippen molar-refractivity contribution in [3.05, 3.63) is 75.8 Å². The molecule has 0 bridgehead atoms. The molecule has 0 unspecified atom stereocenters. The summed E-state index contributed by atoms with van der Waals surface area (Å²) >= 11 is 0. The average Bonchev–Trinajstić information content (AvgIpc) is 3.17. The number of aryl methyl sites for hydroxylation is 1. The minimum Gasteiger partial charge on any atom is -0.872 e. The highest BCUT2D eigenvalue weighted by Gasteiger charge is 2.23. The molecule has 0 atom stereocenters. The van der Waals surface area contributed by atoms with Gasteiger partial charge in [-0.3, -0.25) is 10.1 Å². The van der Waals surface area contributed by atoms with Crippen LogP contribution in [0.3, 0.4) is 0 Å². The van der Waals surface area contributed by atoms with Gasteiger partial charge in [0.25, 0.3) is 5.69 Å². The molecule has 0 fully saturated rings. The molecule has 0 saturated carbocycles. The number of rotatable bonds is 2. The third-order valence-corrected chi connectivity index (χ3v) is 5.37. The highest BCUT2D eigenvalue weighted by Crippen LogP contribution is 2.41. The first-order chi connectivity index (χ1) is 13.1. The maximum absolute atomic E-state index is 12.5. The van der Waals surface area contributed by atoms with Crippen LogP contribution in [0.4, 0.5) is 5.69 Å². The Balaban J connectivity index is 1.87. The fourth-order valence-corrected chi connectivity index (χ4v) is 4.18. The monoisotopic (exact) mass is 355 g/mol. The Morgan fingerprint density at radius 2 is 1.78 bits per heavy atom. The first-order valence-electron chi connectivity index (χ1n) is 8.92. The molecule has 0 saturated heterocycles. The molecular weight excluding hydrogens is 340 g/mol. The molecular formula is C22H15N2O3-. The van der Waals surface area contributed by atoms with E-state index < -0.39 is 4.92 Å². The summed E-state index contributed by atoms with van der Waals surface area (Å²) in [4.78, 5) is 15.5. The third-order valence-electron chi connectivity index (χ3n) is 5.37. The van der Waals surface area contributed by atoms with Gasteiger partial charge in [-0.1, -0.05) is 42.1 Å². The number of nitro groups is 1. The lowest BCUT2D eigenvalue weighted by atomic mass is 9.95. The highest BCUT2D eigenvalue weighted by molar-refractivity contribution is 6.09. The second-order valence-electron chi connectivity index (χ2n) is 6.89. The average molecular weight is 355 g/mol. The van der Waals surface area contributed by atoms with Crippen molar-refractivity contribution in [2.45, 2.75) is 19.3 Å². The number of hydrogen-bond acceptors (Lipinski definition) is 4. The zero-order valence-corrected chi connectivity index (χ0v) is 14.4. The summed E-state index contributed by atoms with van der Waals surface area (Å²) in [5.74, 6) is -0.234. The number of nitro benzene ring substituents is 1. The first kappa shape index (κ1) is 15.8. The number of aromatic nitrogens is 1. The van der Waals surface area contributed by atoms with Crippen molar-refractivity contribution in [3.63, 3.8) is 0 Å². The maximum atomic E-state index is 12.5. The lowest BCUT2D eigenvalue weighted by Gasteiger charge is -2.17. The van der Waals surface area contributed by atoms with Crippen LogP contribution in [0.15, 0.2) is 54.6 Å². The van der Waals surface area contributed by atoms with Crippen LogP contribution in [0.5, 0.6) is 5.75 Å². The van der Waals surface area contributed by atoms with Crippen LogP contribution in [0.25, 0.3) is 32.9 Å². The Morgan fingerprint density at radius 3 is 2.63 bits per heavy atom. The van der Waals surface area contributed by atoms with Gasteiger partial charge in [0.05, 0.1) is 16.1 Å². The van der Waals surface area contributed by atoms with Crippen molar-refractivity contribution in [2.75, 3.05) is 0 Å². The van der Waals surface area contributed by atoms with Gasteiger partial charge >= 0.3 is 0 Å². The van der Waals surface area contributed by atoms with E-state index in [9.17, 15) is 15.2 Å². The molecule has 27 heavy (non-hydrogen) atoms. The van der Waals surface area contributed by atoms with E-state index in [0.717, 1.165) is 46.5 Å². The normalized spacial score (nSPS) is 13.2. The Labute approximate surface area is 155 Å². The topological polar surface area (TPSA) is 79.1 Å². The molecule has 1 aromatic heterocycles. The summed E-state index contributed by atoms with van der Waals surface area (Å²) in [6.07, 6.45) is 2.76. The molecule has 0 amide bonds. The van der Waals surface area contributed by atoms with Gasteiger partial charge in [-0.2, -0.15) is 0 Å². The molecule has 1 aliphatic carbocycles. The predicted octanol–water partition coefficient (Wildman–Crippen LogP) is 4.53. The molecule has 0 aliphatic heterocycles. The first-order valence-corrected chi connectivity index (χ1v) is 8.92. The summed E-state index contributed by atoms with van der Waals surface area (Å²) in [6, 6.07) is 16.1. The molecule has 5 nitrogen and oxygen atoms in total. The minimum atomic E-state index is -0.474. The van der Waals surface area contributed by atoms with E-state index in [1.807, 2.05) is 24.3 Å². The summed E-state index contributed by atoms with van der Waals surface area (Å²) in [7, 11) is 0. The van der Waals surface area contributed by atoms with Crippen LogP contribution >= 0.6 is 0 Å². The van der Waals surface area contributed by atoms with E-state index in [4.69, 9.17) is 4.98 Å². The van der Waals surface area contributed by atoms with Gasteiger partial charge in [-0.05, 0) is 52.8 Å². The van der Waals surface area contributed by atoms with Crippen molar-refractivity contribution in [3.8, 4) is 17.0 Å². The molecule has 1 heterocycles. The summed E-state index contributed by atoms with van der Waals surface area (Å²) in [5, 5.41) is 27.1. The van der Waals surface area contributed by atoms with Gasteiger partial charge < -0.3 is 5.11 Å². The van der Waals surface area contributed by atoms with E-state index in [0.29, 0.717) is 11.3 Å². The Bertz CT molecular complexity index is 1250. The Hall–Kier alpha value is -3.47. The van der Waals surface area contributed by atoms with Crippen LogP contribution in [0, 0.1) is 10.1 Å². The van der Waals surface area contributed by atoms with Gasteiger partial charge in [-0.15, -0.1) is 0 Å². The molecule has 3 aromatic carbocycles. The fraction of sp³-hybridized carbons (Fsp3) is 0.136. The maximum Gasteiger partial charge on any atom is 0.270 e. The number of pyridine rings is 1. The van der Waals surface area contributed by atoms with Crippen molar-refractivity contribution < 1.29 is 10.0 Å². The number of non-ortho nitro benzene ring substituents is 1. The van der Waals surface area contributed by atoms with Crippen LogP contribution in [0.1, 0.15) is 17.5 Å². The fourth-order valence-electron chi connectivity index (χ4n) is 4.18. The highest BCUT2D eigenvalue weighted by atomic mass is 16.6. The molecule has 0 radical (unpaired) electrons. The molecule has 1 aliphatic rings. The van der Waals surface area contributed by atoms with Crippen LogP contribution < -0.4 is 5.11 Å². The molecule has 4 aromatic rings. The number of benzene rings is 3. The van der Waals surface area contributed by atoms with Crippen molar-refractivity contribution >= 4 is 27.4 Å². The summed E-state index contributed by atoms with van der Waals surface area (Å²) in [6.45, 7) is 0. The van der Waals surface area contributed by atoms with E-state index in [1.54, 1.807) is 0 Å². The zero-order chi connectivity index (χ0) is 18.5. The largest absolute Gasteiger partial charge is 0.872 e. The van der Waals surface area contributed by atoms with Crippen LogP contribution in [0.2, 0.25) is 0 Å². The number of hydrogen-bond donors (Lipinski definition) is 0. The van der Waals surface area contributed by atoms with Gasteiger partial charge in [-0.25, -0.2) is 4.98 Å². The van der Waals surface area contributed by atoms with E-state index in [1.165, 1.54) is 23.8 Å². The number of nitrogens with zero attached hydrogens (tertiary/aromatic N) is 2. The standard InChI is InChI=1S/C22H16N2O3/c25-20-11-9-14(24(26)27)12-18(20)22-17-7-3-6-16(17)21-15-5-2-1-4-13(15)8-10-19(21)23-22/h1-2,4-5,8-12,25H,3,6-7H2/p-1. The second kappa shape index (κ2) is 5.77. The Kier molecular flexibility index (Phi) is 3.37. The van der Waals surface area contributed by atoms with Crippen LogP contribution in [-0.2, 0) is 12.8 Å². The molecule has 0 spiro atoms.